The fourth-order valence-electron chi connectivity index (χ4n) is 3.38. The van der Waals surface area contributed by atoms with Gasteiger partial charge in [0.15, 0.2) is 5.78 Å². The minimum absolute atomic E-state index is 0.0507. The maximum Gasteiger partial charge on any atom is 0.170 e. The lowest BCUT2D eigenvalue weighted by Gasteiger charge is -2.38. The van der Waals surface area contributed by atoms with Crippen LogP contribution in [0.5, 0.6) is 0 Å². The summed E-state index contributed by atoms with van der Waals surface area (Å²) in [7, 11) is 0. The topological polar surface area (TPSA) is 40.9 Å². The van der Waals surface area contributed by atoms with Crippen LogP contribution < -0.4 is 0 Å². The van der Waals surface area contributed by atoms with Gasteiger partial charge in [0.05, 0.1) is 12.0 Å². The molecule has 1 atom stereocenters. The van der Waals surface area contributed by atoms with Crippen molar-refractivity contribution in [3.05, 3.63) is 35.9 Å². The molecule has 1 unspecified atom stereocenters. The van der Waals surface area contributed by atoms with Crippen molar-refractivity contribution >= 4 is 5.78 Å². The van der Waals surface area contributed by atoms with E-state index in [1.807, 2.05) is 30.3 Å². The summed E-state index contributed by atoms with van der Waals surface area (Å²) in [6.07, 6.45) is 2.78. The minimum atomic E-state index is -0.333. The number of nitrogens with zero attached hydrogens (tertiary/aromatic N) is 1. The Hall–Kier alpha value is -1.62. The molecule has 3 aliphatic carbocycles. The van der Waals surface area contributed by atoms with Crippen molar-refractivity contribution in [2.75, 3.05) is 0 Å². The zero-order chi connectivity index (χ0) is 11.2. The van der Waals surface area contributed by atoms with Gasteiger partial charge in [0.1, 0.15) is 0 Å². The molecule has 2 bridgehead atoms. The van der Waals surface area contributed by atoms with Gasteiger partial charge in [-0.3, -0.25) is 4.79 Å². The Morgan fingerprint density at radius 3 is 2.62 bits per heavy atom. The molecule has 1 aromatic carbocycles. The van der Waals surface area contributed by atoms with E-state index < -0.39 is 0 Å². The summed E-state index contributed by atoms with van der Waals surface area (Å²) in [5.41, 5.74) is 0.434. The lowest BCUT2D eigenvalue weighted by atomic mass is 9.63. The van der Waals surface area contributed by atoms with E-state index in [2.05, 4.69) is 6.07 Å². The van der Waals surface area contributed by atoms with E-state index in [4.69, 9.17) is 5.26 Å². The van der Waals surface area contributed by atoms with Crippen molar-refractivity contribution in [1.82, 2.24) is 0 Å². The molecule has 0 aromatic heterocycles. The van der Waals surface area contributed by atoms with Crippen LogP contribution in [0.15, 0.2) is 30.3 Å². The molecule has 16 heavy (non-hydrogen) atoms. The molecule has 2 heteroatoms. The number of Topliss-reactive ketones (excluding diaryl/α,β-unsaturated/α-hetero) is 1. The molecule has 80 valence electrons. The second-order valence-electron chi connectivity index (χ2n) is 5.04. The number of benzene rings is 1. The average Bonchev–Trinajstić information content (AvgIpc) is 2.83. The predicted octanol–water partition coefficient (Wildman–Crippen LogP) is 2.81. The summed E-state index contributed by atoms with van der Waals surface area (Å²) in [5.74, 6) is 0.760. The van der Waals surface area contributed by atoms with Crippen molar-refractivity contribution in [2.45, 2.75) is 19.3 Å². The van der Waals surface area contributed by atoms with Crippen molar-refractivity contribution in [3.63, 3.8) is 0 Å². The van der Waals surface area contributed by atoms with Crippen LogP contribution in [0.25, 0.3) is 0 Å². The van der Waals surface area contributed by atoms with E-state index >= 15 is 0 Å². The third-order valence-electron chi connectivity index (χ3n) is 4.19. The van der Waals surface area contributed by atoms with E-state index in [1.54, 1.807) is 0 Å². The maximum absolute atomic E-state index is 12.4. The van der Waals surface area contributed by atoms with E-state index in [-0.39, 0.29) is 17.1 Å². The molecule has 3 saturated carbocycles. The van der Waals surface area contributed by atoms with E-state index in [0.717, 1.165) is 24.8 Å². The second-order valence-corrected chi connectivity index (χ2v) is 5.04. The van der Waals surface area contributed by atoms with E-state index in [1.165, 1.54) is 0 Å². The van der Waals surface area contributed by atoms with Crippen LogP contribution in [0.1, 0.15) is 29.6 Å². The largest absolute Gasteiger partial charge is 0.294 e. The first kappa shape index (κ1) is 9.59. The zero-order valence-corrected chi connectivity index (χ0v) is 9.02. The van der Waals surface area contributed by atoms with Gasteiger partial charge in [0.25, 0.3) is 0 Å². The van der Waals surface area contributed by atoms with Crippen LogP contribution in [0.3, 0.4) is 0 Å². The number of carbonyl (C=O) groups excluding carboxylic acids is 1. The van der Waals surface area contributed by atoms with Gasteiger partial charge in [0, 0.05) is 11.0 Å². The predicted molar refractivity (Wildman–Crippen MR) is 59.6 cm³/mol. The normalized spacial score (nSPS) is 35.2. The molecule has 2 nitrogen and oxygen atoms in total. The molecule has 4 rings (SSSR count). The Labute approximate surface area is 94.9 Å². The average molecular weight is 211 g/mol. The van der Waals surface area contributed by atoms with Crippen LogP contribution in [0.2, 0.25) is 0 Å². The Morgan fingerprint density at radius 2 is 2.00 bits per heavy atom. The first-order valence-corrected chi connectivity index (χ1v) is 5.76. The third kappa shape index (κ3) is 1.09. The molecule has 0 N–H and O–H groups in total. The Kier molecular flexibility index (Phi) is 1.91. The summed E-state index contributed by atoms with van der Waals surface area (Å²) in [5, 5.41) is 9.12. The Bertz CT molecular complexity index is 465. The minimum Gasteiger partial charge on any atom is -0.294 e. The van der Waals surface area contributed by atoms with Crippen LogP contribution in [0, 0.1) is 28.6 Å². The highest BCUT2D eigenvalue weighted by Gasteiger charge is 2.61. The lowest BCUT2D eigenvalue weighted by molar-refractivity contribution is 0.0591. The van der Waals surface area contributed by atoms with Gasteiger partial charge in [-0.05, 0) is 25.2 Å². The second kappa shape index (κ2) is 3.18. The molecule has 0 saturated heterocycles. The molecular weight excluding hydrogens is 198 g/mol. The van der Waals surface area contributed by atoms with Gasteiger partial charge in [-0.25, -0.2) is 0 Å². The zero-order valence-electron chi connectivity index (χ0n) is 9.02. The van der Waals surface area contributed by atoms with Gasteiger partial charge in [-0.1, -0.05) is 30.3 Å². The SMILES string of the molecule is N#CC1CC2CC1(C(=O)c1ccccc1)C2. The number of rotatable bonds is 2. The highest BCUT2D eigenvalue weighted by molar-refractivity contribution is 6.02. The van der Waals surface area contributed by atoms with Crippen LogP contribution in [-0.4, -0.2) is 5.78 Å². The first-order valence-electron chi connectivity index (χ1n) is 5.76. The van der Waals surface area contributed by atoms with Crippen molar-refractivity contribution in [2.24, 2.45) is 17.3 Å². The number of ketones is 1. The van der Waals surface area contributed by atoms with Crippen LogP contribution in [0.4, 0.5) is 0 Å². The molecule has 0 aliphatic heterocycles. The van der Waals surface area contributed by atoms with Crippen molar-refractivity contribution in [1.29, 1.82) is 5.26 Å². The number of nitriles is 1. The summed E-state index contributed by atoms with van der Waals surface area (Å²) in [4.78, 5) is 12.4. The quantitative estimate of drug-likeness (QED) is 0.706. The van der Waals surface area contributed by atoms with Gasteiger partial charge in [-0.2, -0.15) is 5.26 Å². The standard InChI is InChI=1S/C14H13NO/c15-9-12-6-10-7-14(12,8-10)13(16)11-4-2-1-3-5-11/h1-5,10,12H,6-8H2. The first-order chi connectivity index (χ1) is 7.76. The van der Waals surface area contributed by atoms with Crippen LogP contribution >= 0.6 is 0 Å². The summed E-state index contributed by atoms with van der Waals surface area (Å²) >= 11 is 0. The number of carbonyl (C=O) groups is 1. The molecule has 0 spiro atoms. The highest BCUT2D eigenvalue weighted by Crippen LogP contribution is 2.63. The molecular formula is C14H13NO. The monoisotopic (exact) mass is 211 g/mol. The summed E-state index contributed by atoms with van der Waals surface area (Å²) in [6.45, 7) is 0. The fourth-order valence-corrected chi connectivity index (χ4v) is 3.38. The Morgan fingerprint density at radius 1 is 1.31 bits per heavy atom. The summed E-state index contributed by atoms with van der Waals surface area (Å²) in [6, 6.07) is 11.7. The maximum atomic E-state index is 12.4. The van der Waals surface area contributed by atoms with Gasteiger partial charge in [0.2, 0.25) is 0 Å². The van der Waals surface area contributed by atoms with Gasteiger partial charge < -0.3 is 0 Å². The summed E-state index contributed by atoms with van der Waals surface area (Å²) < 4.78 is 0. The van der Waals surface area contributed by atoms with Gasteiger partial charge >= 0.3 is 0 Å². The number of hydrogen-bond donors (Lipinski definition) is 0. The van der Waals surface area contributed by atoms with Crippen molar-refractivity contribution < 1.29 is 4.79 Å². The molecule has 3 aliphatic rings. The van der Waals surface area contributed by atoms with Crippen LogP contribution in [-0.2, 0) is 0 Å². The third-order valence-corrected chi connectivity index (χ3v) is 4.19. The van der Waals surface area contributed by atoms with E-state index in [0.29, 0.717) is 5.92 Å². The lowest BCUT2D eigenvalue weighted by Crippen LogP contribution is -2.40. The van der Waals surface area contributed by atoms with Gasteiger partial charge in [-0.15, -0.1) is 0 Å². The Balaban J connectivity index is 1.95. The highest BCUT2D eigenvalue weighted by atomic mass is 16.1. The molecule has 3 fully saturated rings. The van der Waals surface area contributed by atoms with E-state index in [9.17, 15) is 4.79 Å². The van der Waals surface area contributed by atoms with Crippen molar-refractivity contribution in [3.8, 4) is 6.07 Å². The molecule has 0 radical (unpaired) electrons. The number of fused-ring (bicyclic) bond motifs is 1. The smallest absolute Gasteiger partial charge is 0.170 e. The fraction of sp³-hybridized carbons (Fsp3) is 0.429. The number of hydrogen-bond acceptors (Lipinski definition) is 2. The molecule has 0 amide bonds. The molecule has 0 heterocycles. The molecule has 1 aromatic rings.